The number of hydrogen-bond donors (Lipinski definition) is 2. The first kappa shape index (κ1) is 14.5. The molecule has 0 radical (unpaired) electrons. The zero-order valence-electron chi connectivity index (χ0n) is 11.3. The highest BCUT2D eigenvalue weighted by Gasteiger charge is 2.19. The van der Waals surface area contributed by atoms with E-state index in [4.69, 9.17) is 0 Å². The molecule has 1 fully saturated rings. The van der Waals surface area contributed by atoms with Crippen LogP contribution in [-0.2, 0) is 4.79 Å². The van der Waals surface area contributed by atoms with Gasteiger partial charge >= 0.3 is 0 Å². The highest BCUT2D eigenvalue weighted by Crippen LogP contribution is 2.11. The van der Waals surface area contributed by atoms with E-state index in [1.807, 2.05) is 7.05 Å². The largest absolute Gasteiger partial charge is 0.353 e. The third-order valence-electron chi connectivity index (χ3n) is 3.38. The molecule has 0 aromatic heterocycles. The maximum atomic E-state index is 11.6. The van der Waals surface area contributed by atoms with Gasteiger partial charge in [-0.05, 0) is 32.9 Å². The number of nitrogens with one attached hydrogen (secondary N) is 2. The Morgan fingerprint density at radius 3 is 2.65 bits per heavy atom. The van der Waals surface area contributed by atoms with Crippen LogP contribution in [0.2, 0.25) is 0 Å². The van der Waals surface area contributed by atoms with Crippen LogP contribution in [0, 0.1) is 0 Å². The first-order valence-corrected chi connectivity index (χ1v) is 6.92. The summed E-state index contributed by atoms with van der Waals surface area (Å²) in [5, 5.41) is 6.12. The van der Waals surface area contributed by atoms with Crippen LogP contribution >= 0.6 is 0 Å². The molecule has 0 aromatic carbocycles. The lowest BCUT2D eigenvalue weighted by molar-refractivity contribution is -0.122. The van der Waals surface area contributed by atoms with Crippen molar-refractivity contribution in [2.45, 2.75) is 45.1 Å². The summed E-state index contributed by atoms with van der Waals surface area (Å²) in [7, 11) is 1.87. The highest BCUT2D eigenvalue weighted by molar-refractivity contribution is 5.76. The SMILES string of the molecule is CCCCN1CCC(NC(=O)CCNC)CC1. The molecule has 1 heterocycles. The summed E-state index contributed by atoms with van der Waals surface area (Å²) < 4.78 is 0. The van der Waals surface area contributed by atoms with Crippen molar-refractivity contribution in [1.29, 1.82) is 0 Å². The van der Waals surface area contributed by atoms with Crippen molar-refractivity contribution in [2.75, 3.05) is 33.2 Å². The van der Waals surface area contributed by atoms with E-state index in [0.29, 0.717) is 12.5 Å². The lowest BCUT2D eigenvalue weighted by Crippen LogP contribution is -2.45. The molecule has 0 unspecified atom stereocenters. The normalized spacial score (nSPS) is 18.2. The fourth-order valence-corrected chi connectivity index (χ4v) is 2.22. The van der Waals surface area contributed by atoms with Crippen LogP contribution in [0.15, 0.2) is 0 Å². The first-order valence-electron chi connectivity index (χ1n) is 6.92. The minimum absolute atomic E-state index is 0.186. The van der Waals surface area contributed by atoms with Crippen LogP contribution < -0.4 is 10.6 Å². The van der Waals surface area contributed by atoms with Gasteiger partial charge in [0.2, 0.25) is 5.91 Å². The Kier molecular flexibility index (Phi) is 7.21. The van der Waals surface area contributed by atoms with Crippen molar-refractivity contribution in [2.24, 2.45) is 0 Å². The van der Waals surface area contributed by atoms with E-state index in [9.17, 15) is 4.79 Å². The molecule has 0 spiro atoms. The molecule has 0 saturated carbocycles. The zero-order chi connectivity index (χ0) is 12.5. The van der Waals surface area contributed by atoms with E-state index in [-0.39, 0.29) is 5.91 Å². The number of carbonyl (C=O) groups excluding carboxylic acids is 1. The Balaban J connectivity index is 2.12. The van der Waals surface area contributed by atoms with Gasteiger partial charge in [0, 0.05) is 32.1 Å². The monoisotopic (exact) mass is 241 g/mol. The lowest BCUT2D eigenvalue weighted by Gasteiger charge is -2.32. The Morgan fingerprint density at radius 1 is 1.35 bits per heavy atom. The minimum Gasteiger partial charge on any atom is -0.353 e. The Morgan fingerprint density at radius 2 is 2.06 bits per heavy atom. The number of carbonyl (C=O) groups is 1. The van der Waals surface area contributed by atoms with Gasteiger partial charge in [0.1, 0.15) is 0 Å². The molecule has 0 atom stereocenters. The summed E-state index contributed by atoms with van der Waals surface area (Å²) in [5.41, 5.74) is 0. The number of nitrogens with zero attached hydrogens (tertiary/aromatic N) is 1. The van der Waals surface area contributed by atoms with E-state index in [1.54, 1.807) is 0 Å². The molecule has 2 N–H and O–H groups in total. The van der Waals surface area contributed by atoms with Crippen LogP contribution in [-0.4, -0.2) is 50.1 Å². The average molecular weight is 241 g/mol. The number of likely N-dealkylation sites (tertiary alicyclic amines) is 1. The summed E-state index contributed by atoms with van der Waals surface area (Å²) in [5.74, 6) is 0.186. The van der Waals surface area contributed by atoms with Crippen LogP contribution in [0.25, 0.3) is 0 Å². The Labute approximate surface area is 105 Å². The van der Waals surface area contributed by atoms with Gasteiger partial charge in [-0.3, -0.25) is 4.79 Å². The predicted molar refractivity (Wildman–Crippen MR) is 71.1 cm³/mol. The van der Waals surface area contributed by atoms with Gasteiger partial charge in [0.25, 0.3) is 0 Å². The Hall–Kier alpha value is -0.610. The van der Waals surface area contributed by atoms with Crippen molar-refractivity contribution in [1.82, 2.24) is 15.5 Å². The molecular formula is C13H27N3O. The maximum Gasteiger partial charge on any atom is 0.221 e. The van der Waals surface area contributed by atoms with Gasteiger partial charge in [-0.2, -0.15) is 0 Å². The van der Waals surface area contributed by atoms with Crippen molar-refractivity contribution in [3.8, 4) is 0 Å². The molecule has 17 heavy (non-hydrogen) atoms. The van der Waals surface area contributed by atoms with Gasteiger partial charge in [0.15, 0.2) is 0 Å². The molecule has 1 aliphatic heterocycles. The number of hydrogen-bond acceptors (Lipinski definition) is 3. The summed E-state index contributed by atoms with van der Waals surface area (Å²) >= 11 is 0. The second-order valence-electron chi connectivity index (χ2n) is 4.89. The molecular weight excluding hydrogens is 214 g/mol. The molecule has 0 aliphatic carbocycles. The number of piperidine rings is 1. The number of amides is 1. The predicted octanol–water partition coefficient (Wildman–Crippen LogP) is 0.977. The van der Waals surface area contributed by atoms with Crippen molar-refractivity contribution < 1.29 is 4.79 Å². The van der Waals surface area contributed by atoms with E-state index < -0.39 is 0 Å². The van der Waals surface area contributed by atoms with Gasteiger partial charge in [-0.1, -0.05) is 13.3 Å². The van der Waals surface area contributed by atoms with Crippen LogP contribution in [0.5, 0.6) is 0 Å². The smallest absolute Gasteiger partial charge is 0.221 e. The third-order valence-corrected chi connectivity index (χ3v) is 3.38. The maximum absolute atomic E-state index is 11.6. The molecule has 4 nitrogen and oxygen atoms in total. The second kappa shape index (κ2) is 8.48. The van der Waals surface area contributed by atoms with Crippen molar-refractivity contribution >= 4 is 5.91 Å². The molecule has 0 aromatic rings. The van der Waals surface area contributed by atoms with Gasteiger partial charge < -0.3 is 15.5 Å². The van der Waals surface area contributed by atoms with Gasteiger partial charge in [0.05, 0.1) is 0 Å². The van der Waals surface area contributed by atoms with E-state index in [1.165, 1.54) is 19.4 Å². The molecule has 4 heteroatoms. The van der Waals surface area contributed by atoms with Crippen LogP contribution in [0.1, 0.15) is 39.0 Å². The second-order valence-corrected chi connectivity index (χ2v) is 4.89. The standard InChI is InChI=1S/C13H27N3O/c1-3-4-9-16-10-6-12(7-11-16)15-13(17)5-8-14-2/h12,14H,3-11H2,1-2H3,(H,15,17). The van der Waals surface area contributed by atoms with E-state index >= 15 is 0 Å². The molecule has 0 bridgehead atoms. The number of rotatable bonds is 7. The zero-order valence-corrected chi connectivity index (χ0v) is 11.3. The molecule has 1 aliphatic rings. The fourth-order valence-electron chi connectivity index (χ4n) is 2.22. The Bertz CT molecular complexity index is 213. The van der Waals surface area contributed by atoms with Crippen LogP contribution in [0.3, 0.4) is 0 Å². The highest BCUT2D eigenvalue weighted by atomic mass is 16.1. The van der Waals surface area contributed by atoms with Gasteiger partial charge in [-0.25, -0.2) is 0 Å². The average Bonchev–Trinajstić information content (AvgIpc) is 2.35. The molecule has 1 amide bonds. The summed E-state index contributed by atoms with van der Waals surface area (Å²) in [6.45, 7) is 6.49. The van der Waals surface area contributed by atoms with Crippen LogP contribution in [0.4, 0.5) is 0 Å². The molecule has 1 saturated heterocycles. The number of unbranched alkanes of at least 4 members (excludes halogenated alkanes) is 1. The molecule has 100 valence electrons. The topological polar surface area (TPSA) is 44.4 Å². The summed E-state index contributed by atoms with van der Waals surface area (Å²) in [6, 6.07) is 0.400. The third kappa shape index (κ3) is 6.03. The molecule has 1 rings (SSSR count). The minimum atomic E-state index is 0.186. The van der Waals surface area contributed by atoms with Crippen molar-refractivity contribution in [3.63, 3.8) is 0 Å². The van der Waals surface area contributed by atoms with Gasteiger partial charge in [-0.15, -0.1) is 0 Å². The summed E-state index contributed by atoms with van der Waals surface area (Å²) in [6.07, 6.45) is 5.36. The fraction of sp³-hybridized carbons (Fsp3) is 0.923. The van der Waals surface area contributed by atoms with Crippen molar-refractivity contribution in [3.05, 3.63) is 0 Å². The first-order chi connectivity index (χ1) is 8.26. The lowest BCUT2D eigenvalue weighted by atomic mass is 10.0. The summed E-state index contributed by atoms with van der Waals surface area (Å²) in [4.78, 5) is 14.1. The quantitative estimate of drug-likeness (QED) is 0.698. The van der Waals surface area contributed by atoms with E-state index in [2.05, 4.69) is 22.5 Å². The van der Waals surface area contributed by atoms with E-state index in [0.717, 1.165) is 32.5 Å².